The van der Waals surface area contributed by atoms with E-state index in [1.54, 1.807) is 13.8 Å². The number of hydrogen-bond donors (Lipinski definition) is 2. The summed E-state index contributed by atoms with van der Waals surface area (Å²) in [5.41, 5.74) is 8.07. The molecule has 0 aromatic carbocycles. The van der Waals surface area contributed by atoms with Gasteiger partial charge in [-0.1, -0.05) is 11.8 Å². The van der Waals surface area contributed by atoms with Crippen molar-refractivity contribution in [2.24, 2.45) is 0 Å². The highest BCUT2D eigenvalue weighted by atomic mass is 32.2. The Bertz CT molecular complexity index is 1130. The topological polar surface area (TPSA) is 142 Å². The second kappa shape index (κ2) is 9.82. The van der Waals surface area contributed by atoms with Gasteiger partial charge in [-0.15, -0.1) is 11.3 Å². The standard InChI is InChI=1S/C21H21N5O3S2/c1-3-29-21(28)17-12-6-4-5-7-15(12)31-20(17)25-16(27)10-30-19-14(9-23)11(2)13(8-22)18(24)26-19/h3-7,10H2,1-2H3,(H2,24,26)(H,25,27). The maximum Gasteiger partial charge on any atom is 0.341 e. The molecule has 31 heavy (non-hydrogen) atoms. The molecule has 160 valence electrons. The average Bonchev–Trinajstić information content (AvgIpc) is 3.10. The molecule has 2 heterocycles. The number of nitrogens with one attached hydrogen (secondary N) is 1. The molecule has 10 heteroatoms. The van der Waals surface area contributed by atoms with Gasteiger partial charge in [0.1, 0.15) is 28.0 Å². The first-order valence-electron chi connectivity index (χ1n) is 9.75. The number of aryl methyl sites for hydroxylation is 1. The van der Waals surface area contributed by atoms with E-state index in [-0.39, 0.29) is 35.2 Å². The van der Waals surface area contributed by atoms with Crippen LogP contribution in [0.1, 0.15) is 57.3 Å². The number of amides is 1. The number of ether oxygens (including phenoxy) is 1. The fourth-order valence-electron chi connectivity index (χ4n) is 3.45. The van der Waals surface area contributed by atoms with Gasteiger partial charge >= 0.3 is 5.97 Å². The summed E-state index contributed by atoms with van der Waals surface area (Å²) in [4.78, 5) is 30.4. The third-order valence-electron chi connectivity index (χ3n) is 4.91. The number of nitrogens with two attached hydrogens (primary N) is 1. The second-order valence-corrected chi connectivity index (χ2v) is 8.94. The number of pyridine rings is 1. The zero-order valence-corrected chi connectivity index (χ0v) is 18.8. The number of thiophene rings is 1. The van der Waals surface area contributed by atoms with E-state index in [0.717, 1.165) is 47.9 Å². The Morgan fingerprint density at radius 2 is 1.97 bits per heavy atom. The van der Waals surface area contributed by atoms with Gasteiger partial charge in [-0.3, -0.25) is 4.79 Å². The van der Waals surface area contributed by atoms with Gasteiger partial charge in [0.05, 0.1) is 29.1 Å². The summed E-state index contributed by atoms with van der Waals surface area (Å²) >= 11 is 2.48. The van der Waals surface area contributed by atoms with Crippen LogP contribution in [0.25, 0.3) is 0 Å². The number of fused-ring (bicyclic) bond motifs is 1. The Hall–Kier alpha value is -3.08. The van der Waals surface area contributed by atoms with Crippen molar-refractivity contribution in [2.75, 3.05) is 23.4 Å². The first kappa shape index (κ1) is 22.6. The first-order valence-corrected chi connectivity index (χ1v) is 11.6. The fraction of sp³-hybridized carbons (Fsp3) is 0.381. The molecular weight excluding hydrogens is 434 g/mol. The number of rotatable bonds is 6. The van der Waals surface area contributed by atoms with Crippen molar-refractivity contribution in [1.29, 1.82) is 10.5 Å². The van der Waals surface area contributed by atoms with Crippen LogP contribution >= 0.6 is 23.1 Å². The number of anilines is 2. The van der Waals surface area contributed by atoms with Gasteiger partial charge in [0.25, 0.3) is 0 Å². The maximum absolute atomic E-state index is 12.7. The maximum atomic E-state index is 12.7. The highest BCUT2D eigenvalue weighted by Crippen LogP contribution is 2.39. The minimum atomic E-state index is -0.422. The number of carbonyl (C=O) groups excluding carboxylic acids is 2. The van der Waals surface area contributed by atoms with Crippen LogP contribution in [0, 0.1) is 29.6 Å². The van der Waals surface area contributed by atoms with Crippen LogP contribution in [0.5, 0.6) is 0 Å². The Balaban J connectivity index is 1.80. The van der Waals surface area contributed by atoms with E-state index in [0.29, 0.717) is 21.2 Å². The molecule has 1 aliphatic rings. The summed E-state index contributed by atoms with van der Waals surface area (Å²) in [6, 6.07) is 3.97. The molecule has 3 N–H and O–H groups in total. The highest BCUT2D eigenvalue weighted by Gasteiger charge is 2.27. The quantitative estimate of drug-likeness (QED) is 0.497. The number of carbonyl (C=O) groups is 2. The number of thioether (sulfide) groups is 1. The summed E-state index contributed by atoms with van der Waals surface area (Å²) < 4.78 is 5.21. The molecule has 0 aliphatic heterocycles. The Morgan fingerprint density at radius 3 is 2.65 bits per heavy atom. The lowest BCUT2D eigenvalue weighted by Crippen LogP contribution is -2.17. The molecule has 0 bridgehead atoms. The monoisotopic (exact) mass is 455 g/mol. The lowest BCUT2D eigenvalue weighted by atomic mass is 9.95. The lowest BCUT2D eigenvalue weighted by Gasteiger charge is -2.12. The van der Waals surface area contributed by atoms with Crippen molar-refractivity contribution >= 4 is 45.8 Å². The molecule has 1 amide bonds. The normalized spacial score (nSPS) is 12.4. The molecular formula is C21H21N5O3S2. The van der Waals surface area contributed by atoms with Crippen LogP contribution in [0.15, 0.2) is 5.03 Å². The first-order chi connectivity index (χ1) is 14.9. The Kier molecular flexibility index (Phi) is 7.16. The molecule has 2 aromatic rings. The molecule has 0 unspecified atom stereocenters. The number of nitrogens with zero attached hydrogens (tertiary/aromatic N) is 3. The molecule has 0 radical (unpaired) electrons. The predicted molar refractivity (Wildman–Crippen MR) is 119 cm³/mol. The van der Waals surface area contributed by atoms with E-state index in [1.165, 1.54) is 11.3 Å². The Morgan fingerprint density at radius 1 is 1.26 bits per heavy atom. The van der Waals surface area contributed by atoms with E-state index in [1.807, 2.05) is 12.1 Å². The molecule has 0 fully saturated rings. The second-order valence-electron chi connectivity index (χ2n) is 6.87. The van der Waals surface area contributed by atoms with Gasteiger partial charge < -0.3 is 15.8 Å². The average molecular weight is 456 g/mol. The van der Waals surface area contributed by atoms with E-state index in [4.69, 9.17) is 10.5 Å². The van der Waals surface area contributed by atoms with Crippen molar-refractivity contribution < 1.29 is 14.3 Å². The van der Waals surface area contributed by atoms with Crippen molar-refractivity contribution in [3.8, 4) is 12.1 Å². The molecule has 0 spiro atoms. The molecule has 0 saturated heterocycles. The number of hydrogen-bond acceptors (Lipinski definition) is 9. The molecule has 0 saturated carbocycles. The minimum Gasteiger partial charge on any atom is -0.462 e. The SMILES string of the molecule is CCOC(=O)c1c(NC(=O)CSc2nc(N)c(C#N)c(C)c2C#N)sc2c1CCCC2. The van der Waals surface area contributed by atoms with Crippen LogP contribution in [-0.4, -0.2) is 29.2 Å². The van der Waals surface area contributed by atoms with E-state index >= 15 is 0 Å². The van der Waals surface area contributed by atoms with Gasteiger partial charge in [0, 0.05) is 4.88 Å². The zero-order valence-electron chi connectivity index (χ0n) is 17.2. The fourth-order valence-corrected chi connectivity index (χ4v) is 5.59. The van der Waals surface area contributed by atoms with Gasteiger partial charge in [-0.2, -0.15) is 10.5 Å². The van der Waals surface area contributed by atoms with E-state index < -0.39 is 5.97 Å². The van der Waals surface area contributed by atoms with Gasteiger partial charge in [-0.25, -0.2) is 9.78 Å². The highest BCUT2D eigenvalue weighted by molar-refractivity contribution is 8.00. The van der Waals surface area contributed by atoms with Crippen LogP contribution < -0.4 is 11.1 Å². The summed E-state index contributed by atoms with van der Waals surface area (Å²) in [5, 5.41) is 22.3. The number of esters is 1. The number of nitriles is 2. The van der Waals surface area contributed by atoms with Gasteiger partial charge in [0.15, 0.2) is 0 Å². The van der Waals surface area contributed by atoms with Crippen LogP contribution in [0.2, 0.25) is 0 Å². The van der Waals surface area contributed by atoms with Crippen molar-refractivity contribution in [3.63, 3.8) is 0 Å². The predicted octanol–water partition coefficient (Wildman–Crippen LogP) is 3.56. The smallest absolute Gasteiger partial charge is 0.341 e. The largest absolute Gasteiger partial charge is 0.462 e. The molecule has 1 aliphatic carbocycles. The third kappa shape index (κ3) is 4.66. The summed E-state index contributed by atoms with van der Waals surface area (Å²) in [6.07, 6.45) is 3.74. The van der Waals surface area contributed by atoms with Crippen LogP contribution in [-0.2, 0) is 22.4 Å². The van der Waals surface area contributed by atoms with Crippen LogP contribution in [0.3, 0.4) is 0 Å². The molecule has 3 rings (SSSR count). The van der Waals surface area contributed by atoms with E-state index in [2.05, 4.69) is 10.3 Å². The van der Waals surface area contributed by atoms with Gasteiger partial charge in [0.2, 0.25) is 5.91 Å². The number of aromatic nitrogens is 1. The molecule has 0 atom stereocenters. The zero-order chi connectivity index (χ0) is 22.5. The van der Waals surface area contributed by atoms with Crippen molar-refractivity contribution in [1.82, 2.24) is 4.98 Å². The summed E-state index contributed by atoms with van der Waals surface area (Å²) in [5.74, 6) is -0.760. The Labute approximate surface area is 188 Å². The summed E-state index contributed by atoms with van der Waals surface area (Å²) in [7, 11) is 0. The third-order valence-corrected chi connectivity index (χ3v) is 7.09. The van der Waals surface area contributed by atoms with Crippen LogP contribution in [0.4, 0.5) is 10.8 Å². The number of nitrogen functional groups attached to an aromatic ring is 1. The lowest BCUT2D eigenvalue weighted by molar-refractivity contribution is -0.113. The van der Waals surface area contributed by atoms with Crippen molar-refractivity contribution in [2.45, 2.75) is 44.6 Å². The van der Waals surface area contributed by atoms with Gasteiger partial charge in [-0.05, 0) is 50.7 Å². The van der Waals surface area contributed by atoms with E-state index in [9.17, 15) is 20.1 Å². The molecule has 2 aromatic heterocycles. The molecule has 8 nitrogen and oxygen atoms in total. The summed E-state index contributed by atoms with van der Waals surface area (Å²) in [6.45, 7) is 3.63. The van der Waals surface area contributed by atoms with Crippen molar-refractivity contribution in [3.05, 3.63) is 32.7 Å². The minimum absolute atomic E-state index is 0.0254.